The summed E-state index contributed by atoms with van der Waals surface area (Å²) >= 11 is 0. The Morgan fingerprint density at radius 2 is 2.06 bits per heavy atom. The lowest BCUT2D eigenvalue weighted by Crippen LogP contribution is -2.51. The summed E-state index contributed by atoms with van der Waals surface area (Å²) in [5, 5.41) is 14.3. The second kappa shape index (κ2) is 6.02. The van der Waals surface area contributed by atoms with E-state index in [4.69, 9.17) is 5.73 Å². The van der Waals surface area contributed by atoms with Crippen LogP contribution in [0.2, 0.25) is 0 Å². The number of aliphatic hydroxyl groups excluding tert-OH is 1. The average Bonchev–Trinajstić information content (AvgIpc) is 2.34. The number of nitrogens with one attached hydrogen (secondary N) is 2. The van der Waals surface area contributed by atoms with Gasteiger partial charge in [-0.1, -0.05) is 6.07 Å². The molecule has 98 valence electrons. The third-order valence-corrected chi connectivity index (χ3v) is 2.45. The summed E-state index contributed by atoms with van der Waals surface area (Å²) in [6.45, 7) is 1.43. The fraction of sp³-hybridized carbons (Fsp3) is 0.333. The zero-order chi connectivity index (χ0) is 13.7. The molecule has 0 saturated heterocycles. The molecule has 2 unspecified atom stereocenters. The van der Waals surface area contributed by atoms with Gasteiger partial charge in [0.05, 0.1) is 6.10 Å². The maximum absolute atomic E-state index is 11.9. The van der Waals surface area contributed by atoms with E-state index in [-0.39, 0.29) is 0 Å². The fourth-order valence-corrected chi connectivity index (χ4v) is 1.47. The van der Waals surface area contributed by atoms with E-state index in [1.165, 1.54) is 20.0 Å². The van der Waals surface area contributed by atoms with Crippen LogP contribution < -0.4 is 16.4 Å². The molecule has 1 aromatic carbocycles. The van der Waals surface area contributed by atoms with Gasteiger partial charge < -0.3 is 21.5 Å². The summed E-state index contributed by atoms with van der Waals surface area (Å²) < 4.78 is 0. The van der Waals surface area contributed by atoms with Gasteiger partial charge in [-0.15, -0.1) is 0 Å². The molecule has 18 heavy (non-hydrogen) atoms. The first-order valence-corrected chi connectivity index (χ1v) is 5.51. The third-order valence-electron chi connectivity index (χ3n) is 2.45. The number of anilines is 1. The molecule has 2 amide bonds. The first-order chi connectivity index (χ1) is 8.45. The molecule has 1 aromatic rings. The van der Waals surface area contributed by atoms with Crippen molar-refractivity contribution >= 4 is 17.5 Å². The highest BCUT2D eigenvalue weighted by atomic mass is 16.3. The molecule has 2 atom stereocenters. The minimum Gasteiger partial charge on any atom is -0.399 e. The number of aliphatic hydroxyl groups is 1. The second-order valence-electron chi connectivity index (χ2n) is 3.93. The van der Waals surface area contributed by atoms with Crippen LogP contribution in [0, 0.1) is 0 Å². The van der Waals surface area contributed by atoms with Gasteiger partial charge >= 0.3 is 0 Å². The zero-order valence-corrected chi connectivity index (χ0v) is 10.3. The van der Waals surface area contributed by atoms with Gasteiger partial charge in [-0.3, -0.25) is 9.59 Å². The number of benzene rings is 1. The van der Waals surface area contributed by atoms with Gasteiger partial charge in [0.15, 0.2) is 0 Å². The van der Waals surface area contributed by atoms with Crippen molar-refractivity contribution in [1.29, 1.82) is 0 Å². The molecule has 0 bridgehead atoms. The zero-order valence-electron chi connectivity index (χ0n) is 10.3. The van der Waals surface area contributed by atoms with Crippen LogP contribution in [0.4, 0.5) is 5.69 Å². The number of likely N-dealkylation sites (N-methyl/N-ethyl adjacent to an activating group) is 1. The number of carbonyl (C=O) groups excluding carboxylic acids is 2. The molecule has 6 nitrogen and oxygen atoms in total. The number of hydrogen-bond acceptors (Lipinski definition) is 4. The highest BCUT2D eigenvalue weighted by molar-refractivity contribution is 5.98. The number of carbonyl (C=O) groups is 2. The average molecular weight is 251 g/mol. The van der Waals surface area contributed by atoms with Gasteiger partial charge in [0.2, 0.25) is 5.91 Å². The first-order valence-electron chi connectivity index (χ1n) is 5.51. The largest absolute Gasteiger partial charge is 0.399 e. The summed E-state index contributed by atoms with van der Waals surface area (Å²) in [6.07, 6.45) is -0.991. The third kappa shape index (κ3) is 3.46. The highest BCUT2D eigenvalue weighted by Gasteiger charge is 2.24. The first kappa shape index (κ1) is 14.0. The summed E-state index contributed by atoms with van der Waals surface area (Å²) in [4.78, 5) is 23.4. The lowest BCUT2D eigenvalue weighted by molar-refractivity contribution is -0.124. The Balaban J connectivity index is 2.82. The molecule has 0 heterocycles. The predicted molar refractivity (Wildman–Crippen MR) is 67.9 cm³/mol. The van der Waals surface area contributed by atoms with E-state index in [1.54, 1.807) is 18.2 Å². The van der Waals surface area contributed by atoms with E-state index in [0.29, 0.717) is 11.3 Å². The molecule has 1 rings (SSSR count). The molecule has 0 spiro atoms. The van der Waals surface area contributed by atoms with Crippen molar-refractivity contribution in [3.8, 4) is 0 Å². The molecular weight excluding hydrogens is 234 g/mol. The molecule has 0 saturated carbocycles. The SMILES string of the molecule is CNC(=O)C(NC(=O)c1cccc(N)c1)C(C)O. The Morgan fingerprint density at radius 3 is 2.56 bits per heavy atom. The number of amides is 2. The van der Waals surface area contributed by atoms with Crippen molar-refractivity contribution in [2.75, 3.05) is 12.8 Å². The predicted octanol–water partition coefficient (Wildman–Crippen LogP) is -0.506. The van der Waals surface area contributed by atoms with Crippen LogP contribution in [0.1, 0.15) is 17.3 Å². The van der Waals surface area contributed by atoms with E-state index >= 15 is 0 Å². The van der Waals surface area contributed by atoms with Crippen LogP contribution in [0.5, 0.6) is 0 Å². The van der Waals surface area contributed by atoms with Crippen LogP contribution >= 0.6 is 0 Å². The topological polar surface area (TPSA) is 104 Å². The van der Waals surface area contributed by atoms with Gasteiger partial charge in [0, 0.05) is 18.3 Å². The molecule has 5 N–H and O–H groups in total. The molecule has 0 aromatic heterocycles. The molecule has 0 radical (unpaired) electrons. The number of nitrogen functional groups attached to an aromatic ring is 1. The van der Waals surface area contributed by atoms with Crippen molar-refractivity contribution in [2.45, 2.75) is 19.1 Å². The Labute approximate surface area is 105 Å². The number of nitrogens with two attached hydrogens (primary N) is 1. The second-order valence-corrected chi connectivity index (χ2v) is 3.93. The van der Waals surface area contributed by atoms with Crippen LogP contribution in [-0.4, -0.2) is 36.1 Å². The van der Waals surface area contributed by atoms with E-state index < -0.39 is 24.0 Å². The number of rotatable bonds is 4. The standard InChI is InChI=1S/C12H17N3O3/c1-7(16)10(12(18)14-2)15-11(17)8-4-3-5-9(13)6-8/h3-7,10,16H,13H2,1-2H3,(H,14,18)(H,15,17). The highest BCUT2D eigenvalue weighted by Crippen LogP contribution is 2.07. The summed E-state index contributed by atoms with van der Waals surface area (Å²) in [5.74, 6) is -0.918. The van der Waals surface area contributed by atoms with Gasteiger partial charge in [0.1, 0.15) is 6.04 Å². The maximum Gasteiger partial charge on any atom is 0.252 e. The minimum absolute atomic E-state index is 0.338. The van der Waals surface area contributed by atoms with Crippen molar-refractivity contribution < 1.29 is 14.7 Å². The Morgan fingerprint density at radius 1 is 1.39 bits per heavy atom. The molecule has 0 aliphatic rings. The minimum atomic E-state index is -0.996. The maximum atomic E-state index is 11.9. The lowest BCUT2D eigenvalue weighted by Gasteiger charge is -2.19. The van der Waals surface area contributed by atoms with E-state index in [1.807, 2.05) is 0 Å². The van der Waals surface area contributed by atoms with Crippen molar-refractivity contribution in [1.82, 2.24) is 10.6 Å². The van der Waals surface area contributed by atoms with Crippen LogP contribution in [0.25, 0.3) is 0 Å². The summed E-state index contributed by atoms with van der Waals surface area (Å²) in [5.41, 5.74) is 6.36. The van der Waals surface area contributed by atoms with Crippen molar-refractivity contribution in [3.05, 3.63) is 29.8 Å². The monoisotopic (exact) mass is 251 g/mol. The Bertz CT molecular complexity index is 446. The fourth-order valence-electron chi connectivity index (χ4n) is 1.47. The van der Waals surface area contributed by atoms with Gasteiger partial charge in [-0.25, -0.2) is 0 Å². The van der Waals surface area contributed by atoms with E-state index in [0.717, 1.165) is 0 Å². The molecule has 0 aliphatic carbocycles. The Kier molecular flexibility index (Phi) is 4.67. The van der Waals surface area contributed by atoms with E-state index in [2.05, 4.69) is 10.6 Å². The molecular formula is C12H17N3O3. The summed E-state index contributed by atoms with van der Waals surface area (Å²) in [6, 6.07) is 5.37. The van der Waals surface area contributed by atoms with Gasteiger partial charge in [-0.05, 0) is 25.1 Å². The quantitative estimate of drug-likeness (QED) is 0.541. The summed E-state index contributed by atoms with van der Waals surface area (Å²) in [7, 11) is 1.43. The van der Waals surface area contributed by atoms with Crippen LogP contribution in [0.15, 0.2) is 24.3 Å². The number of hydrogen-bond donors (Lipinski definition) is 4. The van der Waals surface area contributed by atoms with Crippen molar-refractivity contribution in [2.24, 2.45) is 0 Å². The normalized spacial score (nSPS) is 13.5. The Hall–Kier alpha value is -2.08. The molecule has 0 fully saturated rings. The van der Waals surface area contributed by atoms with Crippen LogP contribution in [0.3, 0.4) is 0 Å². The van der Waals surface area contributed by atoms with Crippen molar-refractivity contribution in [3.63, 3.8) is 0 Å². The van der Waals surface area contributed by atoms with Gasteiger partial charge in [0.25, 0.3) is 5.91 Å². The van der Waals surface area contributed by atoms with Gasteiger partial charge in [-0.2, -0.15) is 0 Å². The smallest absolute Gasteiger partial charge is 0.252 e. The molecule has 6 heteroatoms. The van der Waals surface area contributed by atoms with Crippen LogP contribution in [-0.2, 0) is 4.79 Å². The van der Waals surface area contributed by atoms with E-state index in [9.17, 15) is 14.7 Å². The lowest BCUT2D eigenvalue weighted by atomic mass is 10.1. The molecule has 0 aliphatic heterocycles.